The van der Waals surface area contributed by atoms with E-state index in [9.17, 15) is 21.6 Å². The molecule has 1 saturated carbocycles. The minimum absolute atomic E-state index is 0.00171. The standard InChI is InChI=1S/C12H17F3N4O2S/c13-12(14,15)7-18-5-9(3-17-18)22(20,21)19-4-8-1-2-11(16)10(8)6-19/h3,5,8,10-11H,1-2,4,6-7,16H2. The first-order chi connectivity index (χ1) is 10.2. The molecule has 0 radical (unpaired) electrons. The minimum Gasteiger partial charge on any atom is -0.327 e. The van der Waals surface area contributed by atoms with E-state index in [0.717, 1.165) is 25.2 Å². The third-order valence-electron chi connectivity index (χ3n) is 4.47. The van der Waals surface area contributed by atoms with Crippen LogP contribution in [0, 0.1) is 11.8 Å². The molecule has 2 aliphatic rings. The predicted octanol–water partition coefficient (Wildman–Crippen LogP) is 0.803. The fourth-order valence-electron chi connectivity index (χ4n) is 3.36. The highest BCUT2D eigenvalue weighted by molar-refractivity contribution is 7.89. The van der Waals surface area contributed by atoms with E-state index in [0.29, 0.717) is 17.8 Å². The van der Waals surface area contributed by atoms with Crippen LogP contribution < -0.4 is 5.73 Å². The summed E-state index contributed by atoms with van der Waals surface area (Å²) < 4.78 is 63.8. The third kappa shape index (κ3) is 2.86. The van der Waals surface area contributed by atoms with E-state index in [1.807, 2.05) is 0 Å². The van der Waals surface area contributed by atoms with E-state index in [1.165, 1.54) is 4.31 Å². The van der Waals surface area contributed by atoms with Crippen molar-refractivity contribution in [2.24, 2.45) is 17.6 Å². The lowest BCUT2D eigenvalue weighted by Crippen LogP contribution is -2.33. The van der Waals surface area contributed by atoms with E-state index >= 15 is 0 Å². The lowest BCUT2D eigenvalue weighted by Gasteiger charge is -2.17. The van der Waals surface area contributed by atoms with Crippen LogP contribution in [0.25, 0.3) is 0 Å². The van der Waals surface area contributed by atoms with Crippen molar-refractivity contribution in [2.45, 2.75) is 36.5 Å². The number of aromatic nitrogens is 2. The largest absolute Gasteiger partial charge is 0.408 e. The SMILES string of the molecule is NC1CCC2CN(S(=O)(=O)c3cnn(CC(F)(F)F)c3)CC12. The van der Waals surface area contributed by atoms with Crippen molar-refractivity contribution in [3.05, 3.63) is 12.4 Å². The van der Waals surface area contributed by atoms with Crippen molar-refractivity contribution in [2.75, 3.05) is 13.1 Å². The van der Waals surface area contributed by atoms with Crippen molar-refractivity contribution < 1.29 is 21.6 Å². The van der Waals surface area contributed by atoms with Gasteiger partial charge in [0.1, 0.15) is 11.4 Å². The lowest BCUT2D eigenvalue weighted by molar-refractivity contribution is -0.142. The summed E-state index contributed by atoms with van der Waals surface area (Å²) in [4.78, 5) is -0.203. The summed E-state index contributed by atoms with van der Waals surface area (Å²) in [5, 5.41) is 3.49. The maximum atomic E-state index is 12.5. The Kier molecular flexibility index (Phi) is 3.73. The number of nitrogens with zero attached hydrogens (tertiary/aromatic N) is 3. The van der Waals surface area contributed by atoms with Gasteiger partial charge in [-0.3, -0.25) is 4.68 Å². The Bertz CT molecular complexity index is 658. The van der Waals surface area contributed by atoms with Gasteiger partial charge in [0, 0.05) is 25.3 Å². The molecule has 2 N–H and O–H groups in total. The molecular formula is C12H17F3N4O2S. The maximum Gasteiger partial charge on any atom is 0.408 e. The number of fused-ring (bicyclic) bond motifs is 1. The number of nitrogens with two attached hydrogens (primary N) is 1. The van der Waals surface area contributed by atoms with Gasteiger partial charge >= 0.3 is 6.18 Å². The van der Waals surface area contributed by atoms with Crippen molar-refractivity contribution >= 4 is 10.0 Å². The number of hydrogen-bond acceptors (Lipinski definition) is 4. The quantitative estimate of drug-likeness (QED) is 0.884. The molecule has 124 valence electrons. The zero-order chi connectivity index (χ0) is 16.1. The van der Waals surface area contributed by atoms with E-state index < -0.39 is 22.7 Å². The van der Waals surface area contributed by atoms with Crippen LogP contribution in [0.4, 0.5) is 13.2 Å². The molecule has 1 aromatic heterocycles. The van der Waals surface area contributed by atoms with Gasteiger partial charge < -0.3 is 5.73 Å². The number of hydrogen-bond donors (Lipinski definition) is 1. The second-order valence-electron chi connectivity index (χ2n) is 5.98. The second-order valence-corrected chi connectivity index (χ2v) is 7.91. The molecule has 10 heteroatoms. The van der Waals surface area contributed by atoms with Crippen LogP contribution in [0.2, 0.25) is 0 Å². The van der Waals surface area contributed by atoms with Gasteiger partial charge in [0.2, 0.25) is 10.0 Å². The van der Waals surface area contributed by atoms with Gasteiger partial charge in [-0.25, -0.2) is 8.42 Å². The minimum atomic E-state index is -4.44. The molecule has 0 amide bonds. The van der Waals surface area contributed by atoms with Crippen LogP contribution in [0.1, 0.15) is 12.8 Å². The van der Waals surface area contributed by atoms with Gasteiger partial charge in [-0.05, 0) is 24.7 Å². The first-order valence-corrected chi connectivity index (χ1v) is 8.46. The molecule has 1 saturated heterocycles. The third-order valence-corrected chi connectivity index (χ3v) is 6.25. The summed E-state index contributed by atoms with van der Waals surface area (Å²) in [5.74, 6) is 0.384. The van der Waals surface area contributed by atoms with Gasteiger partial charge in [-0.1, -0.05) is 0 Å². The first-order valence-electron chi connectivity index (χ1n) is 7.02. The van der Waals surface area contributed by atoms with Crippen molar-refractivity contribution in [3.63, 3.8) is 0 Å². The van der Waals surface area contributed by atoms with E-state index in [2.05, 4.69) is 5.10 Å². The molecule has 1 aliphatic heterocycles. The monoisotopic (exact) mass is 338 g/mol. The number of halogens is 3. The maximum absolute atomic E-state index is 12.5. The zero-order valence-corrected chi connectivity index (χ0v) is 12.5. The van der Waals surface area contributed by atoms with E-state index in [1.54, 1.807) is 0 Å². The molecule has 3 atom stereocenters. The Balaban J connectivity index is 1.77. The summed E-state index contributed by atoms with van der Waals surface area (Å²) in [5.41, 5.74) is 5.97. The number of rotatable bonds is 3. The Morgan fingerprint density at radius 1 is 1.32 bits per heavy atom. The second kappa shape index (κ2) is 5.20. The first kappa shape index (κ1) is 15.8. The normalized spacial score (nSPS) is 29.9. The average Bonchev–Trinajstić information content (AvgIpc) is 3.05. The fourth-order valence-corrected chi connectivity index (χ4v) is 4.85. The van der Waals surface area contributed by atoms with Crippen LogP contribution in [-0.2, 0) is 16.6 Å². The summed E-state index contributed by atoms with van der Waals surface area (Å²) in [7, 11) is -3.81. The molecule has 3 rings (SSSR count). The van der Waals surface area contributed by atoms with E-state index in [4.69, 9.17) is 5.73 Å². The molecule has 3 unspecified atom stereocenters. The molecule has 2 heterocycles. The Morgan fingerprint density at radius 3 is 2.68 bits per heavy atom. The topological polar surface area (TPSA) is 81.2 Å². The average molecular weight is 338 g/mol. The Labute approximate surface area is 126 Å². The molecule has 0 aromatic carbocycles. The van der Waals surface area contributed by atoms with Crippen LogP contribution in [0.15, 0.2) is 17.3 Å². The Hall–Kier alpha value is -1.13. The highest BCUT2D eigenvalue weighted by Crippen LogP contribution is 2.39. The highest BCUT2D eigenvalue weighted by Gasteiger charge is 2.45. The lowest BCUT2D eigenvalue weighted by atomic mass is 9.98. The van der Waals surface area contributed by atoms with Crippen LogP contribution in [0.3, 0.4) is 0 Å². The number of alkyl halides is 3. The predicted molar refractivity (Wildman–Crippen MR) is 71.2 cm³/mol. The summed E-state index contributed by atoms with van der Waals surface area (Å²) in [6.07, 6.45) is -0.756. The van der Waals surface area contributed by atoms with Crippen LogP contribution in [0.5, 0.6) is 0 Å². The van der Waals surface area contributed by atoms with Crippen molar-refractivity contribution in [1.82, 2.24) is 14.1 Å². The van der Waals surface area contributed by atoms with Crippen LogP contribution in [-0.4, -0.2) is 47.8 Å². The smallest absolute Gasteiger partial charge is 0.327 e. The number of sulfonamides is 1. The summed E-state index contributed by atoms with van der Waals surface area (Å²) in [6.45, 7) is -0.595. The zero-order valence-electron chi connectivity index (χ0n) is 11.7. The van der Waals surface area contributed by atoms with E-state index in [-0.39, 0.29) is 22.8 Å². The molecule has 6 nitrogen and oxygen atoms in total. The van der Waals surface area contributed by atoms with Gasteiger partial charge in [-0.2, -0.15) is 22.6 Å². The molecule has 0 bridgehead atoms. The highest BCUT2D eigenvalue weighted by atomic mass is 32.2. The van der Waals surface area contributed by atoms with Crippen LogP contribution >= 0.6 is 0 Å². The Morgan fingerprint density at radius 2 is 2.05 bits per heavy atom. The molecule has 0 spiro atoms. The molecule has 1 aromatic rings. The van der Waals surface area contributed by atoms with Crippen molar-refractivity contribution in [1.29, 1.82) is 0 Å². The molecule has 2 fully saturated rings. The molecule has 1 aliphatic carbocycles. The summed E-state index contributed by atoms with van der Waals surface area (Å²) in [6, 6.07) is -0.00171. The molecular weight excluding hydrogens is 321 g/mol. The van der Waals surface area contributed by atoms with Gasteiger partial charge in [0.15, 0.2) is 0 Å². The van der Waals surface area contributed by atoms with Gasteiger partial charge in [0.05, 0.1) is 6.20 Å². The van der Waals surface area contributed by atoms with Crippen molar-refractivity contribution in [3.8, 4) is 0 Å². The fraction of sp³-hybridized carbons (Fsp3) is 0.750. The summed E-state index contributed by atoms with van der Waals surface area (Å²) >= 11 is 0. The van der Waals surface area contributed by atoms with Gasteiger partial charge in [0.25, 0.3) is 0 Å². The molecule has 22 heavy (non-hydrogen) atoms. The van der Waals surface area contributed by atoms with Gasteiger partial charge in [-0.15, -0.1) is 0 Å².